The SMILES string of the molecule is Cc1ccc(N2CN(CC3CCCO3)Cn3c2nc(C)c(Cc2ccccc2)c3=O)cc1C. The molecule has 2 aliphatic rings. The van der Waals surface area contributed by atoms with Crippen LogP contribution in [-0.2, 0) is 17.8 Å². The maximum absolute atomic E-state index is 13.8. The van der Waals surface area contributed by atoms with Gasteiger partial charge in [-0.25, -0.2) is 4.98 Å². The topological polar surface area (TPSA) is 50.6 Å². The zero-order chi connectivity index (χ0) is 22.9. The third-order valence-corrected chi connectivity index (χ3v) is 6.89. The number of hydrogen-bond donors (Lipinski definition) is 0. The number of rotatable bonds is 5. The Hall–Kier alpha value is -2.96. The molecular weight excluding hydrogens is 412 g/mol. The van der Waals surface area contributed by atoms with Crippen LogP contribution < -0.4 is 10.5 Å². The van der Waals surface area contributed by atoms with E-state index in [1.807, 2.05) is 29.7 Å². The van der Waals surface area contributed by atoms with Crippen molar-refractivity contribution in [2.24, 2.45) is 0 Å². The van der Waals surface area contributed by atoms with E-state index in [-0.39, 0.29) is 11.7 Å². The highest BCUT2D eigenvalue weighted by molar-refractivity contribution is 5.60. The van der Waals surface area contributed by atoms with Crippen LogP contribution in [0.1, 0.15) is 40.8 Å². The van der Waals surface area contributed by atoms with E-state index in [1.54, 1.807) is 0 Å². The van der Waals surface area contributed by atoms with E-state index in [1.165, 1.54) is 11.1 Å². The number of fused-ring (bicyclic) bond motifs is 1. The molecule has 6 nitrogen and oxygen atoms in total. The van der Waals surface area contributed by atoms with Crippen LogP contribution in [0.25, 0.3) is 0 Å². The van der Waals surface area contributed by atoms with Crippen molar-refractivity contribution in [3.05, 3.63) is 86.8 Å². The largest absolute Gasteiger partial charge is 0.377 e. The first-order valence-electron chi connectivity index (χ1n) is 11.8. The molecule has 5 rings (SSSR count). The average molecular weight is 445 g/mol. The minimum absolute atomic E-state index is 0.0484. The Morgan fingerprint density at radius 2 is 1.85 bits per heavy atom. The number of aryl methyl sites for hydroxylation is 3. The summed E-state index contributed by atoms with van der Waals surface area (Å²) in [7, 11) is 0. The highest BCUT2D eigenvalue weighted by Gasteiger charge is 2.30. The van der Waals surface area contributed by atoms with Crippen LogP contribution in [0.3, 0.4) is 0 Å². The Morgan fingerprint density at radius 1 is 1.03 bits per heavy atom. The molecule has 1 aromatic heterocycles. The van der Waals surface area contributed by atoms with Crippen molar-refractivity contribution in [1.29, 1.82) is 0 Å². The van der Waals surface area contributed by atoms with Crippen LogP contribution in [0, 0.1) is 20.8 Å². The van der Waals surface area contributed by atoms with Crippen molar-refractivity contribution in [3.63, 3.8) is 0 Å². The molecule has 0 aliphatic carbocycles. The summed E-state index contributed by atoms with van der Waals surface area (Å²) in [6.07, 6.45) is 3.00. The lowest BCUT2D eigenvalue weighted by Gasteiger charge is -2.39. The van der Waals surface area contributed by atoms with Gasteiger partial charge in [-0.05, 0) is 62.4 Å². The van der Waals surface area contributed by atoms with E-state index in [2.05, 4.69) is 54.0 Å². The van der Waals surface area contributed by atoms with Gasteiger partial charge in [-0.1, -0.05) is 36.4 Å². The Bertz CT molecular complexity index is 1200. The quantitative estimate of drug-likeness (QED) is 0.587. The first-order chi connectivity index (χ1) is 16.0. The fourth-order valence-corrected chi connectivity index (χ4v) is 4.81. The van der Waals surface area contributed by atoms with E-state index in [4.69, 9.17) is 9.72 Å². The second kappa shape index (κ2) is 9.12. The number of benzene rings is 2. The second-order valence-electron chi connectivity index (χ2n) is 9.34. The first-order valence-corrected chi connectivity index (χ1v) is 11.8. The molecule has 3 aromatic rings. The van der Waals surface area contributed by atoms with Crippen LogP contribution in [0.5, 0.6) is 0 Å². The minimum Gasteiger partial charge on any atom is -0.377 e. The van der Waals surface area contributed by atoms with Gasteiger partial charge in [-0.15, -0.1) is 0 Å². The van der Waals surface area contributed by atoms with Gasteiger partial charge in [0.15, 0.2) is 0 Å². The highest BCUT2D eigenvalue weighted by Crippen LogP contribution is 2.30. The van der Waals surface area contributed by atoms with Gasteiger partial charge in [0, 0.05) is 30.8 Å². The second-order valence-corrected chi connectivity index (χ2v) is 9.34. The molecular formula is C27H32N4O2. The van der Waals surface area contributed by atoms with Gasteiger partial charge in [0.1, 0.15) is 0 Å². The standard InChI is InChI=1S/C27H32N4O2/c1-19-11-12-23(14-20(19)2)30-17-29(16-24-10-7-13-33-24)18-31-26(32)25(21(3)28-27(30)31)15-22-8-5-4-6-9-22/h4-6,8-9,11-12,14,24H,7,10,13,15-18H2,1-3H3. The van der Waals surface area contributed by atoms with Crippen LogP contribution in [0.2, 0.25) is 0 Å². The molecule has 6 heteroatoms. The van der Waals surface area contributed by atoms with Gasteiger partial charge >= 0.3 is 0 Å². The molecule has 0 saturated carbocycles. The molecule has 172 valence electrons. The molecule has 0 spiro atoms. The molecule has 2 aliphatic heterocycles. The van der Waals surface area contributed by atoms with E-state index in [0.29, 0.717) is 19.8 Å². The summed E-state index contributed by atoms with van der Waals surface area (Å²) in [4.78, 5) is 23.2. The predicted molar refractivity (Wildman–Crippen MR) is 131 cm³/mol. The van der Waals surface area contributed by atoms with Gasteiger partial charge in [0.25, 0.3) is 5.56 Å². The summed E-state index contributed by atoms with van der Waals surface area (Å²) in [6, 6.07) is 16.6. The molecule has 1 unspecified atom stereocenters. The van der Waals surface area contributed by atoms with E-state index in [0.717, 1.165) is 54.4 Å². The molecule has 0 N–H and O–H groups in total. The first kappa shape index (κ1) is 21.9. The van der Waals surface area contributed by atoms with Crippen molar-refractivity contribution in [2.75, 3.05) is 24.7 Å². The average Bonchev–Trinajstić information content (AvgIpc) is 3.32. The Labute approximate surface area is 195 Å². The number of aromatic nitrogens is 2. The summed E-state index contributed by atoms with van der Waals surface area (Å²) < 4.78 is 7.75. The lowest BCUT2D eigenvalue weighted by Crippen LogP contribution is -2.50. The van der Waals surface area contributed by atoms with Crippen molar-refractivity contribution < 1.29 is 4.74 Å². The van der Waals surface area contributed by atoms with Gasteiger partial charge in [-0.2, -0.15) is 0 Å². The molecule has 3 heterocycles. The molecule has 33 heavy (non-hydrogen) atoms. The normalized spacial score (nSPS) is 18.5. The van der Waals surface area contributed by atoms with Gasteiger partial charge in [0.05, 0.1) is 25.1 Å². The summed E-state index contributed by atoms with van der Waals surface area (Å²) in [5.74, 6) is 0.723. The van der Waals surface area contributed by atoms with Crippen LogP contribution in [-0.4, -0.2) is 40.4 Å². The Kier molecular flexibility index (Phi) is 6.04. The third-order valence-electron chi connectivity index (χ3n) is 6.89. The lowest BCUT2D eigenvalue weighted by molar-refractivity contribution is 0.0584. The fraction of sp³-hybridized carbons (Fsp3) is 0.407. The Balaban J connectivity index is 1.56. The minimum atomic E-state index is 0.0484. The van der Waals surface area contributed by atoms with Gasteiger partial charge in [0.2, 0.25) is 5.95 Å². The van der Waals surface area contributed by atoms with Crippen molar-refractivity contribution >= 4 is 11.6 Å². The lowest BCUT2D eigenvalue weighted by atomic mass is 10.0. The Morgan fingerprint density at radius 3 is 2.58 bits per heavy atom. The molecule has 0 amide bonds. The number of ether oxygens (including phenoxy) is 1. The molecule has 1 saturated heterocycles. The molecule has 1 fully saturated rings. The monoisotopic (exact) mass is 444 g/mol. The molecule has 2 aromatic carbocycles. The van der Waals surface area contributed by atoms with E-state index >= 15 is 0 Å². The zero-order valence-electron chi connectivity index (χ0n) is 19.8. The van der Waals surface area contributed by atoms with Gasteiger partial charge < -0.3 is 4.74 Å². The predicted octanol–water partition coefficient (Wildman–Crippen LogP) is 4.31. The maximum atomic E-state index is 13.8. The number of hydrogen-bond acceptors (Lipinski definition) is 5. The number of anilines is 2. The highest BCUT2D eigenvalue weighted by atomic mass is 16.5. The molecule has 0 radical (unpaired) electrons. The molecule has 1 atom stereocenters. The van der Waals surface area contributed by atoms with Crippen LogP contribution >= 0.6 is 0 Å². The maximum Gasteiger partial charge on any atom is 0.259 e. The van der Waals surface area contributed by atoms with Crippen molar-refractivity contribution in [1.82, 2.24) is 14.5 Å². The summed E-state index contributed by atoms with van der Waals surface area (Å²) in [5, 5.41) is 0. The number of nitrogens with zero attached hydrogens (tertiary/aromatic N) is 4. The zero-order valence-corrected chi connectivity index (χ0v) is 19.8. The molecule has 0 bridgehead atoms. The smallest absolute Gasteiger partial charge is 0.259 e. The van der Waals surface area contributed by atoms with E-state index < -0.39 is 0 Å². The van der Waals surface area contributed by atoms with E-state index in [9.17, 15) is 4.79 Å². The van der Waals surface area contributed by atoms with Crippen molar-refractivity contribution in [3.8, 4) is 0 Å². The van der Waals surface area contributed by atoms with Crippen LogP contribution in [0.4, 0.5) is 11.6 Å². The van der Waals surface area contributed by atoms with Crippen molar-refractivity contribution in [2.45, 2.75) is 52.8 Å². The summed E-state index contributed by atoms with van der Waals surface area (Å²) in [6.45, 7) is 9.07. The summed E-state index contributed by atoms with van der Waals surface area (Å²) in [5.41, 5.74) is 6.29. The fourth-order valence-electron chi connectivity index (χ4n) is 4.81. The third kappa shape index (κ3) is 4.45. The summed E-state index contributed by atoms with van der Waals surface area (Å²) >= 11 is 0. The van der Waals surface area contributed by atoms with Crippen LogP contribution in [0.15, 0.2) is 53.3 Å². The van der Waals surface area contributed by atoms with Gasteiger partial charge in [-0.3, -0.25) is 19.2 Å².